The number of aliphatic hydroxyl groups excluding tert-OH is 1. The second-order valence-electron chi connectivity index (χ2n) is 4.36. The molecule has 1 saturated heterocycles. The second kappa shape index (κ2) is 5.25. The number of methoxy groups -OCH3 is 1. The van der Waals surface area contributed by atoms with Crippen LogP contribution >= 0.6 is 11.6 Å². The summed E-state index contributed by atoms with van der Waals surface area (Å²) >= 11 is 6.15. The molecular weight excluding hydrogens is 240 g/mol. The van der Waals surface area contributed by atoms with E-state index in [1.54, 1.807) is 13.2 Å². The Hall–Kier alpha value is -0.770. The predicted octanol–water partition coefficient (Wildman–Crippen LogP) is 2.81. The van der Waals surface area contributed by atoms with Crippen molar-refractivity contribution in [2.24, 2.45) is 5.92 Å². The Morgan fingerprint density at radius 1 is 1.53 bits per heavy atom. The van der Waals surface area contributed by atoms with E-state index in [-0.39, 0.29) is 12.0 Å². The molecule has 0 radical (unpaired) electrons. The van der Waals surface area contributed by atoms with Crippen molar-refractivity contribution in [1.82, 2.24) is 0 Å². The fourth-order valence-electron chi connectivity index (χ4n) is 2.27. The lowest BCUT2D eigenvalue weighted by Crippen LogP contribution is -2.20. The highest BCUT2D eigenvalue weighted by Crippen LogP contribution is 2.37. The third kappa shape index (κ3) is 2.57. The van der Waals surface area contributed by atoms with Crippen LogP contribution in [-0.2, 0) is 4.74 Å². The zero-order chi connectivity index (χ0) is 12.4. The van der Waals surface area contributed by atoms with E-state index in [0.717, 1.165) is 12.0 Å². The quantitative estimate of drug-likeness (QED) is 0.904. The minimum Gasteiger partial charge on any atom is -0.497 e. The Bertz CT molecular complexity index is 394. The van der Waals surface area contributed by atoms with E-state index >= 15 is 0 Å². The Morgan fingerprint density at radius 3 is 2.82 bits per heavy atom. The summed E-state index contributed by atoms with van der Waals surface area (Å²) in [7, 11) is 1.59. The van der Waals surface area contributed by atoms with Crippen LogP contribution in [0, 0.1) is 5.92 Å². The molecule has 3 nitrogen and oxygen atoms in total. The Balaban J connectivity index is 2.21. The van der Waals surface area contributed by atoms with Gasteiger partial charge in [0.15, 0.2) is 0 Å². The molecule has 1 aromatic carbocycles. The van der Waals surface area contributed by atoms with Crippen molar-refractivity contribution < 1.29 is 14.6 Å². The molecule has 1 aromatic rings. The van der Waals surface area contributed by atoms with Crippen LogP contribution in [-0.4, -0.2) is 24.9 Å². The molecule has 1 aliphatic heterocycles. The average molecular weight is 257 g/mol. The number of hydrogen-bond acceptors (Lipinski definition) is 3. The number of benzene rings is 1. The fourth-order valence-corrected chi connectivity index (χ4v) is 2.55. The first-order valence-electron chi connectivity index (χ1n) is 5.76. The zero-order valence-corrected chi connectivity index (χ0v) is 10.8. The first-order valence-corrected chi connectivity index (χ1v) is 6.14. The highest BCUT2D eigenvalue weighted by molar-refractivity contribution is 6.31. The number of ether oxygens (including phenoxy) is 2. The van der Waals surface area contributed by atoms with Gasteiger partial charge in [-0.3, -0.25) is 0 Å². The lowest BCUT2D eigenvalue weighted by Gasteiger charge is -2.22. The molecule has 0 aliphatic carbocycles. The van der Waals surface area contributed by atoms with Crippen LogP contribution in [0.15, 0.2) is 18.2 Å². The minimum absolute atomic E-state index is 0.0724. The van der Waals surface area contributed by atoms with Crippen molar-refractivity contribution in [3.8, 4) is 5.75 Å². The lowest BCUT2D eigenvalue weighted by atomic mass is 9.91. The van der Waals surface area contributed by atoms with Crippen LogP contribution in [0.25, 0.3) is 0 Å². The molecule has 17 heavy (non-hydrogen) atoms. The molecule has 0 saturated carbocycles. The third-order valence-corrected chi connectivity index (χ3v) is 3.69. The highest BCUT2D eigenvalue weighted by atomic mass is 35.5. The molecule has 1 fully saturated rings. The molecule has 94 valence electrons. The van der Waals surface area contributed by atoms with E-state index in [9.17, 15) is 5.11 Å². The molecule has 4 heteroatoms. The maximum atomic E-state index is 10.3. The number of halogens is 1. The van der Waals surface area contributed by atoms with Crippen LogP contribution in [0.2, 0.25) is 5.02 Å². The first-order chi connectivity index (χ1) is 8.13. The molecule has 1 aliphatic rings. The van der Waals surface area contributed by atoms with E-state index < -0.39 is 6.10 Å². The summed E-state index contributed by atoms with van der Waals surface area (Å²) < 4.78 is 10.6. The van der Waals surface area contributed by atoms with E-state index in [0.29, 0.717) is 17.4 Å². The molecule has 0 aromatic heterocycles. The standard InChI is InChI=1S/C13H17ClO3/c1-8-10(5-6-17-8)13(15)11-4-3-9(16-2)7-12(11)14/h3-4,7-8,10,13,15H,5-6H2,1-2H3. The minimum atomic E-state index is -0.578. The van der Waals surface area contributed by atoms with Crippen LogP contribution in [0.1, 0.15) is 25.0 Å². The molecule has 0 spiro atoms. The predicted molar refractivity (Wildman–Crippen MR) is 66.5 cm³/mol. The van der Waals surface area contributed by atoms with Gasteiger partial charge in [0.25, 0.3) is 0 Å². The van der Waals surface area contributed by atoms with Gasteiger partial charge in [-0.1, -0.05) is 17.7 Å². The Morgan fingerprint density at radius 2 is 2.29 bits per heavy atom. The topological polar surface area (TPSA) is 38.7 Å². The van der Waals surface area contributed by atoms with E-state index in [2.05, 4.69) is 0 Å². The van der Waals surface area contributed by atoms with Crippen molar-refractivity contribution >= 4 is 11.6 Å². The fraction of sp³-hybridized carbons (Fsp3) is 0.538. The molecule has 1 heterocycles. The molecule has 0 bridgehead atoms. The smallest absolute Gasteiger partial charge is 0.120 e. The summed E-state index contributed by atoms with van der Waals surface area (Å²) in [4.78, 5) is 0. The van der Waals surface area contributed by atoms with Crippen molar-refractivity contribution in [2.75, 3.05) is 13.7 Å². The zero-order valence-electron chi connectivity index (χ0n) is 10.0. The van der Waals surface area contributed by atoms with E-state index in [1.807, 2.05) is 19.1 Å². The molecule has 3 atom stereocenters. The molecule has 2 rings (SSSR count). The van der Waals surface area contributed by atoms with Gasteiger partial charge in [-0.25, -0.2) is 0 Å². The van der Waals surface area contributed by atoms with Crippen LogP contribution in [0.5, 0.6) is 5.75 Å². The highest BCUT2D eigenvalue weighted by Gasteiger charge is 2.32. The van der Waals surface area contributed by atoms with Gasteiger partial charge in [-0.05, 0) is 31.0 Å². The molecular formula is C13H17ClO3. The van der Waals surface area contributed by atoms with Crippen molar-refractivity contribution in [1.29, 1.82) is 0 Å². The summed E-state index contributed by atoms with van der Waals surface area (Å²) in [5.41, 5.74) is 0.745. The largest absolute Gasteiger partial charge is 0.497 e. The summed E-state index contributed by atoms with van der Waals surface area (Å²) in [5, 5.41) is 10.9. The third-order valence-electron chi connectivity index (χ3n) is 3.37. The SMILES string of the molecule is COc1ccc(C(O)C2CCOC2C)c(Cl)c1. The van der Waals surface area contributed by atoms with Crippen LogP contribution in [0.4, 0.5) is 0 Å². The lowest BCUT2D eigenvalue weighted by molar-refractivity contribution is 0.0432. The van der Waals surface area contributed by atoms with Gasteiger partial charge in [0, 0.05) is 12.5 Å². The van der Waals surface area contributed by atoms with Crippen molar-refractivity contribution in [3.63, 3.8) is 0 Å². The van der Waals surface area contributed by atoms with Gasteiger partial charge < -0.3 is 14.6 Å². The van der Waals surface area contributed by atoms with E-state index in [4.69, 9.17) is 21.1 Å². The molecule has 3 unspecified atom stereocenters. The van der Waals surface area contributed by atoms with Gasteiger partial charge >= 0.3 is 0 Å². The van der Waals surface area contributed by atoms with Gasteiger partial charge in [0.2, 0.25) is 0 Å². The maximum Gasteiger partial charge on any atom is 0.120 e. The normalized spacial score (nSPS) is 25.9. The summed E-state index contributed by atoms with van der Waals surface area (Å²) in [6.45, 7) is 2.69. The number of hydrogen-bond donors (Lipinski definition) is 1. The average Bonchev–Trinajstić information content (AvgIpc) is 2.74. The number of rotatable bonds is 3. The Kier molecular flexibility index (Phi) is 3.92. The first kappa shape index (κ1) is 12.7. The summed E-state index contributed by atoms with van der Waals surface area (Å²) in [5.74, 6) is 0.808. The number of aliphatic hydroxyl groups is 1. The second-order valence-corrected chi connectivity index (χ2v) is 4.77. The van der Waals surface area contributed by atoms with Crippen LogP contribution < -0.4 is 4.74 Å². The van der Waals surface area contributed by atoms with Gasteiger partial charge in [-0.15, -0.1) is 0 Å². The Labute approximate surface area is 106 Å². The summed E-state index contributed by atoms with van der Waals surface area (Å²) in [6, 6.07) is 5.35. The maximum absolute atomic E-state index is 10.3. The van der Waals surface area contributed by atoms with Gasteiger partial charge in [0.1, 0.15) is 5.75 Å². The van der Waals surface area contributed by atoms with E-state index in [1.165, 1.54) is 0 Å². The molecule has 0 amide bonds. The molecule has 1 N–H and O–H groups in total. The monoisotopic (exact) mass is 256 g/mol. The van der Waals surface area contributed by atoms with Gasteiger partial charge in [-0.2, -0.15) is 0 Å². The summed E-state index contributed by atoms with van der Waals surface area (Å²) in [6.07, 6.45) is 0.360. The van der Waals surface area contributed by atoms with Crippen LogP contribution in [0.3, 0.4) is 0 Å². The van der Waals surface area contributed by atoms with Crippen molar-refractivity contribution in [2.45, 2.75) is 25.6 Å². The van der Waals surface area contributed by atoms with Crippen molar-refractivity contribution in [3.05, 3.63) is 28.8 Å². The van der Waals surface area contributed by atoms with Gasteiger partial charge in [0.05, 0.1) is 24.3 Å².